The number of fused-ring (bicyclic) bond motifs is 1. The number of hydrogen-bond acceptors (Lipinski definition) is 7. The van der Waals surface area contributed by atoms with Crippen LogP contribution in [0.2, 0.25) is 0 Å². The van der Waals surface area contributed by atoms with Crippen LogP contribution in [0, 0.1) is 12.7 Å². The smallest absolute Gasteiger partial charge is 0.338 e. The Morgan fingerprint density at radius 3 is 2.41 bits per heavy atom. The largest absolute Gasteiger partial charge is 0.489 e. The monoisotopic (exact) mass is 532 g/mol. The van der Waals surface area contributed by atoms with Crippen molar-refractivity contribution < 1.29 is 32.7 Å². The van der Waals surface area contributed by atoms with Crippen molar-refractivity contribution in [2.24, 2.45) is 0 Å². The molecule has 0 saturated heterocycles. The molecule has 4 rings (SSSR count). The van der Waals surface area contributed by atoms with Gasteiger partial charge in [-0.25, -0.2) is 14.0 Å². The van der Waals surface area contributed by atoms with E-state index in [0.29, 0.717) is 17.0 Å². The van der Waals surface area contributed by atoms with E-state index in [1.807, 2.05) is 13.0 Å². The summed E-state index contributed by atoms with van der Waals surface area (Å²) >= 11 is 0. The number of aryl methyl sites for hydroxylation is 1. The summed E-state index contributed by atoms with van der Waals surface area (Å²) in [7, 11) is 1.40. The van der Waals surface area contributed by atoms with Crippen molar-refractivity contribution in [2.45, 2.75) is 13.5 Å². The molecule has 1 N–H and O–H groups in total. The average molecular weight is 533 g/mol. The van der Waals surface area contributed by atoms with Crippen molar-refractivity contribution in [3.8, 4) is 5.75 Å². The van der Waals surface area contributed by atoms with Gasteiger partial charge in [0.05, 0.1) is 12.1 Å². The molecule has 10 heteroatoms. The summed E-state index contributed by atoms with van der Waals surface area (Å²) in [6.45, 7) is 1.23. The number of hydrogen-bond donors (Lipinski definition) is 1. The topological polar surface area (TPSA) is 115 Å². The number of benzene rings is 3. The van der Waals surface area contributed by atoms with E-state index in [9.17, 15) is 23.6 Å². The Kier molecular flexibility index (Phi) is 8.35. The van der Waals surface area contributed by atoms with Crippen LogP contribution in [0.1, 0.15) is 21.5 Å². The predicted octanol–water partition coefficient (Wildman–Crippen LogP) is 4.07. The highest BCUT2D eigenvalue weighted by Crippen LogP contribution is 2.23. The van der Waals surface area contributed by atoms with E-state index in [0.717, 1.165) is 21.4 Å². The zero-order valence-electron chi connectivity index (χ0n) is 21.2. The van der Waals surface area contributed by atoms with Gasteiger partial charge >= 0.3 is 11.6 Å². The van der Waals surface area contributed by atoms with Gasteiger partial charge in [-0.3, -0.25) is 9.59 Å². The number of anilines is 1. The Bertz CT molecular complexity index is 1560. The molecule has 0 aliphatic heterocycles. The Morgan fingerprint density at radius 1 is 0.974 bits per heavy atom. The van der Waals surface area contributed by atoms with Crippen LogP contribution in [-0.2, 0) is 20.9 Å². The van der Waals surface area contributed by atoms with Crippen molar-refractivity contribution in [1.82, 2.24) is 4.90 Å². The summed E-state index contributed by atoms with van der Waals surface area (Å²) in [5.41, 5.74) is 2.23. The van der Waals surface area contributed by atoms with Gasteiger partial charge in [0.2, 0.25) is 5.91 Å². The molecule has 0 unspecified atom stereocenters. The molecule has 0 fully saturated rings. The number of halogens is 1. The Hall–Kier alpha value is -4.99. The van der Waals surface area contributed by atoms with E-state index < -0.39 is 35.8 Å². The quantitative estimate of drug-likeness (QED) is 0.255. The maximum absolute atomic E-state index is 13.0. The highest BCUT2D eigenvalue weighted by atomic mass is 19.1. The van der Waals surface area contributed by atoms with E-state index in [1.54, 1.807) is 36.4 Å². The third-order valence-corrected chi connectivity index (χ3v) is 5.78. The van der Waals surface area contributed by atoms with E-state index >= 15 is 0 Å². The van der Waals surface area contributed by atoms with Gasteiger partial charge in [0, 0.05) is 30.3 Å². The lowest BCUT2D eigenvalue weighted by atomic mass is 10.1. The van der Waals surface area contributed by atoms with Crippen molar-refractivity contribution in [2.75, 3.05) is 25.5 Å². The van der Waals surface area contributed by atoms with Gasteiger partial charge in [-0.2, -0.15) is 0 Å². The Labute approximate surface area is 222 Å². The van der Waals surface area contributed by atoms with Crippen LogP contribution in [0.5, 0.6) is 5.75 Å². The van der Waals surface area contributed by atoms with Crippen LogP contribution < -0.4 is 15.7 Å². The number of ether oxygens (including phenoxy) is 2. The van der Waals surface area contributed by atoms with Crippen molar-refractivity contribution in [3.63, 3.8) is 0 Å². The summed E-state index contributed by atoms with van der Waals surface area (Å²) in [4.78, 5) is 49.5. The second kappa shape index (κ2) is 12.0. The Morgan fingerprint density at radius 2 is 1.69 bits per heavy atom. The first-order chi connectivity index (χ1) is 18.7. The highest BCUT2D eigenvalue weighted by Gasteiger charge is 2.16. The minimum absolute atomic E-state index is 0.208. The molecule has 2 amide bonds. The number of likely N-dealkylation sites (N-methyl/N-ethyl adjacent to an activating group) is 1. The molecule has 4 aromatic rings. The normalized spacial score (nSPS) is 10.6. The SMILES string of the molecule is Cc1cc(=O)oc2cc(OCc3ccc(C(=O)OCC(=O)N(C)CC(=O)Nc4ccc(F)cc4)cc3)ccc12. The number of rotatable bonds is 9. The van der Waals surface area contributed by atoms with E-state index in [2.05, 4.69) is 5.32 Å². The fourth-order valence-corrected chi connectivity index (χ4v) is 3.66. The summed E-state index contributed by atoms with van der Waals surface area (Å²) in [6, 6.07) is 18.4. The second-order valence-electron chi connectivity index (χ2n) is 8.77. The molecular weight excluding hydrogens is 507 g/mol. The molecular formula is C29H25FN2O7. The fourth-order valence-electron chi connectivity index (χ4n) is 3.66. The molecule has 0 radical (unpaired) electrons. The molecule has 0 saturated carbocycles. The summed E-state index contributed by atoms with van der Waals surface area (Å²) < 4.78 is 29.1. The van der Waals surface area contributed by atoms with Crippen molar-refractivity contribution in [1.29, 1.82) is 0 Å². The first-order valence-corrected chi connectivity index (χ1v) is 11.9. The van der Waals surface area contributed by atoms with Gasteiger partial charge in [0.15, 0.2) is 6.61 Å². The van der Waals surface area contributed by atoms with Gasteiger partial charge in [0.25, 0.3) is 5.91 Å². The van der Waals surface area contributed by atoms with Gasteiger partial charge in [-0.1, -0.05) is 12.1 Å². The molecule has 0 atom stereocenters. The number of esters is 1. The number of nitrogens with zero attached hydrogens (tertiary/aromatic N) is 1. The van der Waals surface area contributed by atoms with Crippen LogP contribution >= 0.6 is 0 Å². The van der Waals surface area contributed by atoms with Gasteiger partial charge in [-0.15, -0.1) is 0 Å². The highest BCUT2D eigenvalue weighted by molar-refractivity contribution is 5.95. The molecule has 200 valence electrons. The molecule has 0 aliphatic rings. The van der Waals surface area contributed by atoms with Crippen LogP contribution in [0.4, 0.5) is 10.1 Å². The molecule has 0 bridgehead atoms. The predicted molar refractivity (Wildman–Crippen MR) is 141 cm³/mol. The third-order valence-electron chi connectivity index (χ3n) is 5.78. The average Bonchev–Trinajstić information content (AvgIpc) is 2.91. The van der Waals surface area contributed by atoms with Gasteiger partial charge in [-0.05, 0) is 66.6 Å². The first-order valence-electron chi connectivity index (χ1n) is 11.9. The maximum atomic E-state index is 13.0. The minimum Gasteiger partial charge on any atom is -0.489 e. The summed E-state index contributed by atoms with van der Waals surface area (Å²) in [6.07, 6.45) is 0. The third kappa shape index (κ3) is 7.29. The molecule has 0 aliphatic carbocycles. The second-order valence-corrected chi connectivity index (χ2v) is 8.77. The number of nitrogens with one attached hydrogen (secondary N) is 1. The zero-order chi connectivity index (χ0) is 27.9. The summed E-state index contributed by atoms with van der Waals surface area (Å²) in [5.74, 6) is -1.65. The van der Waals surface area contributed by atoms with Crippen LogP contribution in [0.15, 0.2) is 82.0 Å². The fraction of sp³-hybridized carbons (Fsp3) is 0.172. The van der Waals surface area contributed by atoms with Crippen molar-refractivity contribution in [3.05, 3.63) is 106 Å². The zero-order valence-corrected chi connectivity index (χ0v) is 21.2. The number of carbonyl (C=O) groups is 3. The van der Waals surface area contributed by atoms with Crippen LogP contribution in [0.3, 0.4) is 0 Å². The lowest BCUT2D eigenvalue weighted by Gasteiger charge is -2.17. The molecule has 0 spiro atoms. The molecule has 3 aromatic carbocycles. The first kappa shape index (κ1) is 27.1. The number of amides is 2. The lowest BCUT2D eigenvalue weighted by Crippen LogP contribution is -2.37. The Balaban J connectivity index is 1.24. The van der Waals surface area contributed by atoms with E-state index in [-0.39, 0.29) is 18.7 Å². The van der Waals surface area contributed by atoms with E-state index in [4.69, 9.17) is 13.9 Å². The van der Waals surface area contributed by atoms with E-state index in [1.165, 1.54) is 37.4 Å². The van der Waals surface area contributed by atoms with Crippen LogP contribution in [0.25, 0.3) is 11.0 Å². The molecule has 1 heterocycles. The van der Waals surface area contributed by atoms with Crippen molar-refractivity contribution >= 4 is 34.4 Å². The van der Waals surface area contributed by atoms with Gasteiger partial charge < -0.3 is 24.1 Å². The van der Waals surface area contributed by atoms with Crippen LogP contribution in [-0.4, -0.2) is 42.9 Å². The standard InChI is InChI=1S/C29H25FN2O7/c1-18-13-28(35)39-25-14-23(11-12-24(18)25)37-16-19-3-5-20(6-4-19)29(36)38-17-27(34)32(2)15-26(33)31-22-9-7-21(30)8-10-22/h3-14H,15-17H2,1-2H3,(H,31,33). The van der Waals surface area contributed by atoms with Gasteiger partial charge in [0.1, 0.15) is 23.8 Å². The number of carbonyl (C=O) groups excluding carboxylic acids is 3. The maximum Gasteiger partial charge on any atom is 0.338 e. The lowest BCUT2D eigenvalue weighted by molar-refractivity contribution is -0.136. The molecule has 9 nitrogen and oxygen atoms in total. The summed E-state index contributed by atoms with van der Waals surface area (Å²) in [5, 5.41) is 3.37. The molecule has 39 heavy (non-hydrogen) atoms. The minimum atomic E-state index is -0.695. The molecule has 1 aromatic heterocycles.